The van der Waals surface area contributed by atoms with Gasteiger partial charge in [0.05, 0.1) is 16.9 Å². The maximum Gasteiger partial charge on any atom is 0.434 e. The average molecular weight is 671 g/mol. The fraction of sp³-hybridized carbons (Fsp3) is 0.269. The van der Waals surface area contributed by atoms with Gasteiger partial charge in [-0.15, -0.1) is 0 Å². The summed E-state index contributed by atoms with van der Waals surface area (Å²) in [4.78, 5) is 27.0. The first kappa shape index (κ1) is 32.1. The van der Waals surface area contributed by atoms with E-state index in [1.54, 1.807) is 0 Å². The molecular formula is C26H20BrClF7N3O3. The number of amides is 2. The molecular weight excluding hydrogens is 651 g/mol. The van der Waals surface area contributed by atoms with Gasteiger partial charge in [-0.1, -0.05) is 13.0 Å². The maximum absolute atomic E-state index is 15.6. The lowest BCUT2D eigenvalue weighted by Gasteiger charge is -2.32. The number of aryl methyl sites for hydroxylation is 1. The first-order valence-electron chi connectivity index (χ1n) is 11.7. The zero-order chi connectivity index (χ0) is 30.9. The summed E-state index contributed by atoms with van der Waals surface area (Å²) >= 11 is 7.42. The van der Waals surface area contributed by atoms with Crippen molar-refractivity contribution >= 4 is 50.7 Å². The predicted molar refractivity (Wildman–Crippen MR) is 140 cm³/mol. The first-order chi connectivity index (χ1) is 19.0. The molecule has 0 aliphatic rings. The highest BCUT2D eigenvalue weighted by Crippen LogP contribution is 2.55. The highest BCUT2D eigenvalue weighted by atomic mass is 79.9. The zero-order valence-electron chi connectivity index (χ0n) is 21.1. The molecule has 1 atom stereocenters. The van der Waals surface area contributed by atoms with E-state index in [-0.39, 0.29) is 35.5 Å². The summed E-state index contributed by atoms with van der Waals surface area (Å²) in [7, 11) is 0. The molecule has 1 aromatic heterocycles. The Morgan fingerprint density at radius 1 is 1.07 bits per heavy atom. The Balaban J connectivity index is 2.02. The molecule has 2 aromatic carbocycles. The fourth-order valence-corrected chi connectivity index (χ4v) is 4.83. The minimum atomic E-state index is -6.10. The second-order valence-corrected chi connectivity index (χ2v) is 9.92. The Bertz CT molecular complexity index is 1470. The van der Waals surface area contributed by atoms with Gasteiger partial charge in [-0.05, 0) is 76.8 Å². The molecule has 0 fully saturated rings. The van der Waals surface area contributed by atoms with Crippen LogP contribution in [0.15, 0.2) is 59.3 Å². The van der Waals surface area contributed by atoms with E-state index < -0.39 is 50.5 Å². The summed E-state index contributed by atoms with van der Waals surface area (Å²) in [5, 5.41) is 8.50. The maximum atomic E-state index is 15.6. The average Bonchev–Trinajstić information content (AvgIpc) is 2.89. The number of hydrogen-bond acceptors (Lipinski definition) is 3. The molecule has 1 heterocycles. The molecule has 0 aliphatic carbocycles. The number of halogens is 9. The minimum Gasteiger partial charge on any atom is -0.619 e. The van der Waals surface area contributed by atoms with Gasteiger partial charge >= 0.3 is 17.2 Å². The van der Waals surface area contributed by atoms with Crippen LogP contribution in [0, 0.1) is 11.0 Å². The molecule has 0 saturated carbocycles. The number of hydrogen-bond donors (Lipinski definition) is 1. The number of nitrogens with zero attached hydrogens (tertiary/aromatic N) is 2. The number of alkyl halides is 7. The van der Waals surface area contributed by atoms with Gasteiger partial charge in [-0.25, -0.2) is 8.78 Å². The van der Waals surface area contributed by atoms with E-state index in [9.17, 15) is 41.1 Å². The molecule has 6 nitrogen and oxygen atoms in total. The van der Waals surface area contributed by atoms with Crippen LogP contribution < -0.4 is 14.9 Å². The van der Waals surface area contributed by atoms with E-state index in [2.05, 4.69) is 32.8 Å². The third kappa shape index (κ3) is 6.13. The summed E-state index contributed by atoms with van der Waals surface area (Å²) < 4.78 is 98.2. The number of rotatable bonds is 8. The molecule has 0 radical (unpaired) electrons. The fourth-order valence-electron chi connectivity index (χ4n) is 4.01. The molecule has 0 spiro atoms. The van der Waals surface area contributed by atoms with Crippen LogP contribution in [0.4, 0.5) is 42.1 Å². The van der Waals surface area contributed by atoms with Crippen molar-refractivity contribution in [3.8, 4) is 0 Å². The van der Waals surface area contributed by atoms with Crippen LogP contribution >= 0.6 is 27.5 Å². The van der Waals surface area contributed by atoms with Gasteiger partial charge in [0.1, 0.15) is 5.56 Å². The molecule has 1 unspecified atom stereocenters. The lowest BCUT2D eigenvalue weighted by atomic mass is 9.92. The van der Waals surface area contributed by atoms with Gasteiger partial charge in [0.2, 0.25) is 0 Å². The van der Waals surface area contributed by atoms with Crippen LogP contribution in [-0.2, 0) is 12.1 Å². The number of anilines is 2. The normalized spacial score (nSPS) is 13.4. The third-order valence-corrected chi connectivity index (χ3v) is 6.95. The Morgan fingerprint density at radius 2 is 1.73 bits per heavy atom. The second kappa shape index (κ2) is 11.8. The molecule has 1 N–H and O–H groups in total. The molecule has 41 heavy (non-hydrogen) atoms. The summed E-state index contributed by atoms with van der Waals surface area (Å²) in [6.07, 6.45) is -4.14. The van der Waals surface area contributed by atoms with E-state index in [1.807, 2.05) is 0 Å². The Kier molecular flexibility index (Phi) is 9.28. The summed E-state index contributed by atoms with van der Waals surface area (Å²) in [6.45, 7) is 2.87. The third-order valence-electron chi connectivity index (χ3n) is 6.07. The van der Waals surface area contributed by atoms with E-state index in [0.717, 1.165) is 23.4 Å². The number of nitrogens with one attached hydrogen (secondary N) is 1. The van der Waals surface area contributed by atoms with Crippen LogP contribution in [0.2, 0.25) is 0 Å². The van der Waals surface area contributed by atoms with E-state index in [4.69, 9.17) is 0 Å². The van der Waals surface area contributed by atoms with Crippen LogP contribution in [0.3, 0.4) is 0 Å². The van der Waals surface area contributed by atoms with Gasteiger partial charge in [0, 0.05) is 22.6 Å². The van der Waals surface area contributed by atoms with Crippen LogP contribution in [0.25, 0.3) is 0 Å². The largest absolute Gasteiger partial charge is 0.619 e. The zero-order valence-corrected chi connectivity index (χ0v) is 23.5. The van der Waals surface area contributed by atoms with Crippen LogP contribution in [0.5, 0.6) is 0 Å². The van der Waals surface area contributed by atoms with E-state index >= 15 is 4.39 Å². The second-order valence-electron chi connectivity index (χ2n) is 8.59. The van der Waals surface area contributed by atoms with Crippen molar-refractivity contribution in [1.29, 1.82) is 0 Å². The molecule has 3 aromatic rings. The summed E-state index contributed by atoms with van der Waals surface area (Å²) in [6, 6.07) is 7.09. The van der Waals surface area contributed by atoms with Crippen LogP contribution in [-0.4, -0.2) is 29.9 Å². The first-order valence-corrected chi connectivity index (χ1v) is 12.9. The number of aromatic nitrogens is 1. The van der Waals surface area contributed by atoms with Crippen molar-refractivity contribution < 1.29 is 45.1 Å². The number of carbonyl (C=O) groups excluding carboxylic acids is 2. The van der Waals surface area contributed by atoms with Gasteiger partial charge in [-0.3, -0.25) is 9.59 Å². The van der Waals surface area contributed by atoms with E-state index in [0.29, 0.717) is 16.9 Å². The molecule has 0 bridgehead atoms. The Labute approximate surface area is 242 Å². The quantitative estimate of drug-likeness (QED) is 0.119. The molecule has 0 saturated heterocycles. The minimum absolute atomic E-state index is 0.0551. The molecule has 3 rings (SSSR count). The monoisotopic (exact) mass is 669 g/mol. The summed E-state index contributed by atoms with van der Waals surface area (Å²) in [5.74, 6) is -2.99. The molecule has 0 aliphatic heterocycles. The van der Waals surface area contributed by atoms with E-state index in [1.165, 1.54) is 38.1 Å². The van der Waals surface area contributed by atoms with Crippen molar-refractivity contribution in [1.82, 2.24) is 0 Å². The molecule has 15 heteroatoms. The topological polar surface area (TPSA) is 76.4 Å². The Morgan fingerprint density at radius 3 is 2.27 bits per heavy atom. The standard InChI is InChI=1S/C26H20BrClF7N3O3/c1-3-14-11-16(24(30,25(28,31)32)26(33,34)35)12-18(27)21(14)36-22(39)17-8-5-9-19(20(17)29)38(4-2)23(40)15-7-6-10-37(41)13-15/h5-13H,3-4H2,1-2H3,(H,36,39). The van der Waals surface area contributed by atoms with Gasteiger partial charge in [0.25, 0.3) is 11.8 Å². The van der Waals surface area contributed by atoms with Gasteiger partial charge in [0.15, 0.2) is 18.2 Å². The van der Waals surface area contributed by atoms with Gasteiger partial charge in [-0.2, -0.15) is 26.7 Å². The van der Waals surface area contributed by atoms with Crippen molar-refractivity contribution in [2.45, 2.75) is 37.5 Å². The number of carbonyl (C=O) groups is 2. The molecule has 2 amide bonds. The van der Waals surface area contributed by atoms with Gasteiger partial charge < -0.3 is 15.4 Å². The van der Waals surface area contributed by atoms with Crippen molar-refractivity contribution in [2.75, 3.05) is 16.8 Å². The molecule has 220 valence electrons. The SMILES string of the molecule is CCc1cc(C(F)(C(F)(F)F)C(F)(F)Cl)cc(Br)c1NC(=O)c1cccc(N(CC)C(=O)c2ccc[n+]([O-])c2)c1F. The highest BCUT2D eigenvalue weighted by Gasteiger charge is 2.72. The predicted octanol–water partition coefficient (Wildman–Crippen LogP) is 7.26. The Hall–Kier alpha value is -3.39. The lowest BCUT2D eigenvalue weighted by Crippen LogP contribution is -2.49. The van der Waals surface area contributed by atoms with Crippen molar-refractivity contribution in [2.24, 2.45) is 0 Å². The highest BCUT2D eigenvalue weighted by molar-refractivity contribution is 9.10. The summed E-state index contributed by atoms with van der Waals surface area (Å²) in [5.41, 5.74) is -8.17. The van der Waals surface area contributed by atoms with Crippen LogP contribution in [0.1, 0.15) is 45.7 Å². The van der Waals surface area contributed by atoms with Crippen molar-refractivity contribution in [3.05, 3.63) is 92.6 Å². The smallest absolute Gasteiger partial charge is 0.434 e. The number of benzene rings is 2. The lowest BCUT2D eigenvalue weighted by molar-refractivity contribution is -0.605. The number of pyridine rings is 1. The van der Waals surface area contributed by atoms with Crippen molar-refractivity contribution in [3.63, 3.8) is 0 Å².